The van der Waals surface area contributed by atoms with E-state index in [0.717, 1.165) is 12.8 Å². The first-order valence-electron chi connectivity index (χ1n) is 6.08. The van der Waals surface area contributed by atoms with Crippen molar-refractivity contribution in [3.63, 3.8) is 0 Å². The molecule has 2 unspecified atom stereocenters. The van der Waals surface area contributed by atoms with E-state index in [0.29, 0.717) is 17.0 Å². The predicted octanol–water partition coefficient (Wildman–Crippen LogP) is 0.931. The molecular formula is C13H16N2O3. The van der Waals surface area contributed by atoms with Gasteiger partial charge in [-0.3, -0.25) is 4.79 Å². The fourth-order valence-electron chi connectivity index (χ4n) is 2.15. The third-order valence-electron chi connectivity index (χ3n) is 3.62. The quantitative estimate of drug-likeness (QED) is 0.727. The van der Waals surface area contributed by atoms with Crippen LogP contribution in [0.1, 0.15) is 31.4 Å². The Morgan fingerprint density at radius 2 is 2.28 bits per heavy atom. The first-order chi connectivity index (χ1) is 8.49. The van der Waals surface area contributed by atoms with Crippen LogP contribution >= 0.6 is 0 Å². The van der Waals surface area contributed by atoms with Crippen LogP contribution in [0.5, 0.6) is 5.75 Å². The number of fused-ring (bicyclic) bond motifs is 1. The molecule has 1 aliphatic heterocycles. The molecule has 1 aliphatic carbocycles. The maximum Gasteiger partial charge on any atom is 0.265 e. The number of anilines is 1. The first kappa shape index (κ1) is 11.5. The van der Waals surface area contributed by atoms with E-state index in [9.17, 15) is 9.90 Å². The van der Waals surface area contributed by atoms with E-state index in [1.54, 1.807) is 25.1 Å². The number of carbonyl (C=O) groups excluding carboxylic acids is 1. The minimum Gasteiger partial charge on any atom is -0.479 e. The Bertz CT molecular complexity index is 511. The van der Waals surface area contributed by atoms with E-state index >= 15 is 0 Å². The van der Waals surface area contributed by atoms with Gasteiger partial charge in [0.1, 0.15) is 5.75 Å². The Morgan fingerprint density at radius 1 is 1.56 bits per heavy atom. The lowest BCUT2D eigenvalue weighted by molar-refractivity contribution is -0.122. The van der Waals surface area contributed by atoms with Crippen LogP contribution in [0.25, 0.3) is 0 Å². The fourth-order valence-corrected chi connectivity index (χ4v) is 2.15. The van der Waals surface area contributed by atoms with E-state index < -0.39 is 17.7 Å². The molecule has 0 bridgehead atoms. The highest BCUT2D eigenvalue weighted by Gasteiger charge is 2.46. The van der Waals surface area contributed by atoms with E-state index in [2.05, 4.69) is 5.32 Å². The molecule has 0 saturated heterocycles. The summed E-state index contributed by atoms with van der Waals surface area (Å²) in [5.74, 6) is 0.447. The molecule has 1 saturated carbocycles. The van der Waals surface area contributed by atoms with Crippen LogP contribution < -0.4 is 15.8 Å². The van der Waals surface area contributed by atoms with Crippen molar-refractivity contribution >= 4 is 11.6 Å². The minimum absolute atomic E-state index is 0.178. The van der Waals surface area contributed by atoms with Crippen LogP contribution in [-0.2, 0) is 4.79 Å². The van der Waals surface area contributed by atoms with E-state index in [1.807, 2.05) is 0 Å². The van der Waals surface area contributed by atoms with Gasteiger partial charge < -0.3 is 20.9 Å². The molecular weight excluding hydrogens is 232 g/mol. The maximum absolute atomic E-state index is 11.5. The molecule has 2 aliphatic rings. The Kier molecular flexibility index (Phi) is 2.36. The number of aliphatic hydroxyl groups excluding tert-OH is 1. The predicted molar refractivity (Wildman–Crippen MR) is 66.3 cm³/mol. The van der Waals surface area contributed by atoms with Crippen LogP contribution in [0, 0.1) is 0 Å². The number of hydrogen-bond acceptors (Lipinski definition) is 4. The Labute approximate surface area is 105 Å². The second-order valence-corrected chi connectivity index (χ2v) is 5.14. The molecule has 18 heavy (non-hydrogen) atoms. The van der Waals surface area contributed by atoms with E-state index in [-0.39, 0.29) is 5.91 Å². The SMILES string of the molecule is CC1Oc2ccc(C(O)C3(N)CC3)cc2NC1=O. The van der Waals surface area contributed by atoms with Gasteiger partial charge in [-0.1, -0.05) is 6.07 Å². The highest BCUT2D eigenvalue weighted by molar-refractivity contribution is 5.97. The lowest BCUT2D eigenvalue weighted by Crippen LogP contribution is -2.35. The fraction of sp³-hybridized carbons (Fsp3) is 0.462. The van der Waals surface area contributed by atoms with Crippen molar-refractivity contribution in [1.82, 2.24) is 0 Å². The summed E-state index contributed by atoms with van der Waals surface area (Å²) in [6.07, 6.45) is 0.465. The van der Waals surface area contributed by atoms with Crippen molar-refractivity contribution < 1.29 is 14.6 Å². The molecule has 2 atom stereocenters. The number of amides is 1. The zero-order valence-electron chi connectivity index (χ0n) is 10.1. The third-order valence-corrected chi connectivity index (χ3v) is 3.62. The first-order valence-corrected chi connectivity index (χ1v) is 6.08. The highest BCUT2D eigenvalue weighted by atomic mass is 16.5. The van der Waals surface area contributed by atoms with Gasteiger partial charge in [0.15, 0.2) is 6.10 Å². The van der Waals surface area contributed by atoms with E-state index in [1.165, 1.54) is 0 Å². The van der Waals surface area contributed by atoms with Gasteiger partial charge in [-0.25, -0.2) is 0 Å². The summed E-state index contributed by atoms with van der Waals surface area (Å²) in [6, 6.07) is 5.28. The molecule has 0 spiro atoms. The molecule has 5 nitrogen and oxygen atoms in total. The van der Waals surface area contributed by atoms with Crippen LogP contribution in [0.4, 0.5) is 5.69 Å². The zero-order chi connectivity index (χ0) is 12.9. The molecule has 1 aromatic rings. The van der Waals surface area contributed by atoms with Gasteiger partial charge in [0.05, 0.1) is 11.8 Å². The number of benzene rings is 1. The van der Waals surface area contributed by atoms with Crippen molar-refractivity contribution in [2.45, 2.75) is 37.5 Å². The van der Waals surface area contributed by atoms with Gasteiger partial charge in [0.25, 0.3) is 5.91 Å². The summed E-state index contributed by atoms with van der Waals surface area (Å²) in [5.41, 5.74) is 6.79. The molecule has 3 rings (SSSR count). The Morgan fingerprint density at radius 3 is 2.94 bits per heavy atom. The van der Waals surface area contributed by atoms with Crippen LogP contribution in [-0.4, -0.2) is 22.7 Å². The smallest absolute Gasteiger partial charge is 0.265 e. The van der Waals surface area contributed by atoms with Gasteiger partial charge in [0.2, 0.25) is 0 Å². The minimum atomic E-state index is -0.695. The van der Waals surface area contributed by atoms with E-state index in [4.69, 9.17) is 10.5 Å². The number of hydrogen-bond donors (Lipinski definition) is 3. The van der Waals surface area contributed by atoms with Gasteiger partial charge in [-0.15, -0.1) is 0 Å². The maximum atomic E-state index is 11.5. The van der Waals surface area contributed by atoms with Crippen molar-refractivity contribution in [3.05, 3.63) is 23.8 Å². The molecule has 1 amide bonds. The summed E-state index contributed by atoms with van der Waals surface area (Å²) in [7, 11) is 0. The number of nitrogens with two attached hydrogens (primary N) is 1. The second kappa shape index (κ2) is 3.70. The molecule has 4 N–H and O–H groups in total. The van der Waals surface area contributed by atoms with Crippen molar-refractivity contribution in [2.75, 3.05) is 5.32 Å². The standard InChI is InChI=1S/C13H16N2O3/c1-7-12(17)15-9-6-8(2-3-10(9)18-7)11(16)13(14)4-5-13/h2-3,6-7,11,16H,4-5,14H2,1H3,(H,15,17). The molecule has 5 heteroatoms. The lowest BCUT2D eigenvalue weighted by Gasteiger charge is -2.25. The van der Waals surface area contributed by atoms with Crippen molar-refractivity contribution in [3.8, 4) is 5.75 Å². The summed E-state index contributed by atoms with van der Waals surface area (Å²) in [6.45, 7) is 1.69. The molecule has 1 aromatic carbocycles. The number of nitrogens with one attached hydrogen (secondary N) is 1. The molecule has 96 valence electrons. The largest absolute Gasteiger partial charge is 0.479 e. The van der Waals surface area contributed by atoms with Crippen molar-refractivity contribution in [2.24, 2.45) is 5.73 Å². The Hall–Kier alpha value is -1.59. The summed E-state index contributed by atoms with van der Waals surface area (Å²) in [5, 5.41) is 12.9. The summed E-state index contributed by atoms with van der Waals surface area (Å²) < 4.78 is 5.46. The normalized spacial score (nSPS) is 25.7. The van der Waals surface area contributed by atoms with Crippen LogP contribution in [0.3, 0.4) is 0 Å². The van der Waals surface area contributed by atoms with Gasteiger partial charge >= 0.3 is 0 Å². The second-order valence-electron chi connectivity index (χ2n) is 5.14. The van der Waals surface area contributed by atoms with Crippen LogP contribution in [0.2, 0.25) is 0 Å². The van der Waals surface area contributed by atoms with Gasteiger partial charge in [-0.05, 0) is 37.5 Å². The number of aliphatic hydroxyl groups is 1. The average Bonchev–Trinajstić information content (AvgIpc) is 3.09. The molecule has 1 heterocycles. The Balaban J connectivity index is 1.91. The third kappa shape index (κ3) is 1.76. The van der Waals surface area contributed by atoms with Crippen LogP contribution in [0.15, 0.2) is 18.2 Å². The summed E-state index contributed by atoms with van der Waals surface area (Å²) in [4.78, 5) is 11.5. The van der Waals surface area contributed by atoms with Gasteiger partial charge in [-0.2, -0.15) is 0 Å². The highest BCUT2D eigenvalue weighted by Crippen LogP contribution is 2.44. The number of ether oxygens (including phenoxy) is 1. The van der Waals surface area contributed by atoms with Gasteiger partial charge in [0, 0.05) is 5.54 Å². The zero-order valence-corrected chi connectivity index (χ0v) is 10.1. The average molecular weight is 248 g/mol. The molecule has 0 radical (unpaired) electrons. The topological polar surface area (TPSA) is 84.6 Å². The number of rotatable bonds is 2. The molecule has 1 fully saturated rings. The van der Waals surface area contributed by atoms with Crippen molar-refractivity contribution in [1.29, 1.82) is 0 Å². The monoisotopic (exact) mass is 248 g/mol. The lowest BCUT2D eigenvalue weighted by atomic mass is 10.00. The summed E-state index contributed by atoms with van der Waals surface area (Å²) >= 11 is 0. The number of carbonyl (C=O) groups is 1. The molecule has 0 aromatic heterocycles.